The Morgan fingerprint density at radius 3 is 2.76 bits per heavy atom. The van der Waals surface area contributed by atoms with Crippen molar-refractivity contribution in [1.82, 2.24) is 4.90 Å². The van der Waals surface area contributed by atoms with Crippen LogP contribution < -0.4 is 0 Å². The van der Waals surface area contributed by atoms with Gasteiger partial charge >= 0.3 is 0 Å². The Bertz CT molecular complexity index is 386. The fourth-order valence-corrected chi connectivity index (χ4v) is 2.40. The molecule has 1 aliphatic rings. The highest BCUT2D eigenvalue weighted by atomic mass is 79.9. The van der Waals surface area contributed by atoms with Gasteiger partial charge in [-0.1, -0.05) is 39.7 Å². The number of hydrogen-bond acceptors (Lipinski definition) is 1. The summed E-state index contributed by atoms with van der Waals surface area (Å²) >= 11 is 3.43. The first-order chi connectivity index (χ1) is 8.28. The molecule has 3 heteroatoms. The van der Waals surface area contributed by atoms with Crippen LogP contribution in [0.1, 0.15) is 18.4 Å². The summed E-state index contributed by atoms with van der Waals surface area (Å²) in [5, 5.41) is 0. The molecule has 1 aromatic carbocycles. The lowest BCUT2D eigenvalue weighted by molar-refractivity contribution is 0.317. The summed E-state index contributed by atoms with van der Waals surface area (Å²) in [4.78, 5) is 2.32. The molecule has 0 bridgehead atoms. The Labute approximate surface area is 110 Å². The summed E-state index contributed by atoms with van der Waals surface area (Å²) in [5.41, 5.74) is 2.70. The Balaban J connectivity index is 1.93. The van der Waals surface area contributed by atoms with Gasteiger partial charge in [0.05, 0.1) is 6.67 Å². The summed E-state index contributed by atoms with van der Waals surface area (Å²) in [6.07, 6.45) is 4.02. The van der Waals surface area contributed by atoms with Crippen molar-refractivity contribution >= 4 is 22.0 Å². The van der Waals surface area contributed by atoms with Crippen LogP contribution in [0, 0.1) is 0 Å². The number of nitrogens with zero attached hydrogens (tertiary/aromatic N) is 1. The third kappa shape index (κ3) is 3.93. The largest absolute Gasteiger partial charge is 0.299 e. The van der Waals surface area contributed by atoms with Crippen LogP contribution in [0.25, 0.3) is 6.08 Å². The maximum Gasteiger partial charge on any atom is 0.0906 e. The normalized spacial score (nSPS) is 19.1. The lowest BCUT2D eigenvalue weighted by Gasteiger charge is -2.12. The lowest BCUT2D eigenvalue weighted by atomic mass is 10.1. The van der Waals surface area contributed by atoms with Crippen LogP contribution in [0.5, 0.6) is 0 Å². The van der Waals surface area contributed by atoms with Gasteiger partial charge in [0.25, 0.3) is 0 Å². The molecular formula is C14H17BrFN. The molecular weight excluding hydrogens is 281 g/mol. The molecule has 0 amide bonds. The van der Waals surface area contributed by atoms with Crippen LogP contribution in [0.2, 0.25) is 0 Å². The molecule has 1 saturated heterocycles. The predicted octanol–water partition coefficient (Wildman–Crippen LogP) is 3.90. The molecule has 17 heavy (non-hydrogen) atoms. The summed E-state index contributed by atoms with van der Waals surface area (Å²) in [6, 6.07) is 8.34. The molecule has 0 unspecified atom stereocenters. The van der Waals surface area contributed by atoms with Gasteiger partial charge in [0.2, 0.25) is 0 Å². The van der Waals surface area contributed by atoms with Gasteiger partial charge < -0.3 is 0 Å². The maximum absolute atomic E-state index is 12.1. The molecule has 92 valence electrons. The van der Waals surface area contributed by atoms with Crippen molar-refractivity contribution in [2.75, 3.05) is 26.3 Å². The van der Waals surface area contributed by atoms with Gasteiger partial charge in [-0.3, -0.25) is 9.29 Å². The van der Waals surface area contributed by atoms with E-state index < -0.39 is 0 Å². The van der Waals surface area contributed by atoms with Crippen molar-refractivity contribution in [1.29, 1.82) is 0 Å². The monoisotopic (exact) mass is 297 g/mol. The Kier molecular flexibility index (Phi) is 4.75. The minimum Gasteiger partial charge on any atom is -0.299 e. The molecule has 0 spiro atoms. The van der Waals surface area contributed by atoms with Crippen molar-refractivity contribution in [2.45, 2.75) is 12.8 Å². The van der Waals surface area contributed by atoms with E-state index in [1.54, 1.807) is 0 Å². The smallest absolute Gasteiger partial charge is 0.0906 e. The molecule has 0 atom stereocenters. The average Bonchev–Trinajstić information content (AvgIpc) is 2.77. The van der Waals surface area contributed by atoms with E-state index >= 15 is 0 Å². The fraction of sp³-hybridized carbons (Fsp3) is 0.429. The van der Waals surface area contributed by atoms with Crippen LogP contribution in [-0.4, -0.2) is 31.2 Å². The number of alkyl halides is 1. The van der Waals surface area contributed by atoms with Gasteiger partial charge in [-0.05, 0) is 30.5 Å². The zero-order valence-electron chi connectivity index (χ0n) is 9.83. The topological polar surface area (TPSA) is 3.24 Å². The maximum atomic E-state index is 12.1. The van der Waals surface area contributed by atoms with Crippen molar-refractivity contribution in [2.24, 2.45) is 0 Å². The molecule has 1 heterocycles. The number of benzene rings is 1. The SMILES string of the molecule is FCCCN1CCC(=Cc2ccc(Br)cc2)C1. The highest BCUT2D eigenvalue weighted by molar-refractivity contribution is 9.10. The van der Waals surface area contributed by atoms with Crippen molar-refractivity contribution in [3.63, 3.8) is 0 Å². The zero-order chi connectivity index (χ0) is 12.1. The molecule has 0 aromatic heterocycles. The predicted molar refractivity (Wildman–Crippen MR) is 73.8 cm³/mol. The second kappa shape index (κ2) is 6.31. The molecule has 2 rings (SSSR count). The summed E-state index contributed by atoms with van der Waals surface area (Å²) in [7, 11) is 0. The number of hydrogen-bond donors (Lipinski definition) is 0. The van der Waals surface area contributed by atoms with Gasteiger partial charge in [0, 0.05) is 24.1 Å². The Hall–Kier alpha value is -0.670. The third-order valence-corrected chi connectivity index (χ3v) is 3.55. The van der Waals surface area contributed by atoms with E-state index in [4.69, 9.17) is 0 Å². The number of likely N-dealkylation sites (tertiary alicyclic amines) is 1. The minimum absolute atomic E-state index is 0.206. The first-order valence-electron chi connectivity index (χ1n) is 6.01. The molecule has 1 nitrogen and oxygen atoms in total. The van der Waals surface area contributed by atoms with Gasteiger partial charge in [0.1, 0.15) is 0 Å². The summed E-state index contributed by atoms with van der Waals surface area (Å²) in [5.74, 6) is 0. The first kappa shape index (κ1) is 12.8. The average molecular weight is 298 g/mol. The molecule has 0 radical (unpaired) electrons. The van der Waals surface area contributed by atoms with Gasteiger partial charge in [-0.25, -0.2) is 0 Å². The first-order valence-corrected chi connectivity index (χ1v) is 6.80. The van der Waals surface area contributed by atoms with Crippen molar-refractivity contribution in [3.05, 3.63) is 39.9 Å². The standard InChI is InChI=1S/C14H17BrFN/c15-14-4-2-12(3-5-14)10-13-6-9-17(11-13)8-1-7-16/h2-5,10H,1,6-9,11H2. The van der Waals surface area contributed by atoms with E-state index in [0.29, 0.717) is 6.42 Å². The van der Waals surface area contributed by atoms with E-state index in [2.05, 4.69) is 51.2 Å². The van der Waals surface area contributed by atoms with Crippen LogP contribution in [0.4, 0.5) is 4.39 Å². The second-order valence-electron chi connectivity index (χ2n) is 4.42. The van der Waals surface area contributed by atoms with E-state index in [9.17, 15) is 4.39 Å². The van der Waals surface area contributed by atoms with Crippen molar-refractivity contribution in [3.8, 4) is 0 Å². The minimum atomic E-state index is -0.206. The van der Waals surface area contributed by atoms with E-state index in [0.717, 1.165) is 30.5 Å². The molecule has 0 aliphatic carbocycles. The second-order valence-corrected chi connectivity index (χ2v) is 5.34. The highest BCUT2D eigenvalue weighted by Gasteiger charge is 2.15. The summed E-state index contributed by atoms with van der Waals surface area (Å²) < 4.78 is 13.2. The molecule has 0 N–H and O–H groups in total. The van der Waals surface area contributed by atoms with Gasteiger partial charge in [0.15, 0.2) is 0 Å². The van der Waals surface area contributed by atoms with Crippen LogP contribution in [0.15, 0.2) is 34.3 Å². The fourth-order valence-electron chi connectivity index (χ4n) is 2.13. The quantitative estimate of drug-likeness (QED) is 0.815. The van der Waals surface area contributed by atoms with Crippen molar-refractivity contribution < 1.29 is 4.39 Å². The van der Waals surface area contributed by atoms with E-state index in [-0.39, 0.29) is 6.67 Å². The third-order valence-electron chi connectivity index (χ3n) is 3.02. The van der Waals surface area contributed by atoms with E-state index in [1.165, 1.54) is 11.1 Å². The van der Waals surface area contributed by atoms with Gasteiger partial charge in [-0.2, -0.15) is 0 Å². The molecule has 1 fully saturated rings. The number of rotatable bonds is 4. The van der Waals surface area contributed by atoms with E-state index in [1.807, 2.05) is 0 Å². The Morgan fingerprint density at radius 2 is 2.06 bits per heavy atom. The molecule has 1 aliphatic heterocycles. The Morgan fingerprint density at radius 1 is 1.29 bits per heavy atom. The molecule has 0 saturated carbocycles. The zero-order valence-corrected chi connectivity index (χ0v) is 11.4. The highest BCUT2D eigenvalue weighted by Crippen LogP contribution is 2.19. The summed E-state index contributed by atoms with van der Waals surface area (Å²) in [6.45, 7) is 2.74. The van der Waals surface area contributed by atoms with Gasteiger partial charge in [-0.15, -0.1) is 0 Å². The number of halogens is 2. The lowest BCUT2D eigenvalue weighted by Crippen LogP contribution is -2.20. The van der Waals surface area contributed by atoms with Crippen LogP contribution in [-0.2, 0) is 0 Å². The van der Waals surface area contributed by atoms with Crippen LogP contribution >= 0.6 is 15.9 Å². The molecule has 1 aromatic rings. The van der Waals surface area contributed by atoms with Crippen LogP contribution in [0.3, 0.4) is 0 Å².